The summed E-state index contributed by atoms with van der Waals surface area (Å²) in [6, 6.07) is 8.00. The van der Waals surface area contributed by atoms with Gasteiger partial charge in [-0.2, -0.15) is 0 Å². The van der Waals surface area contributed by atoms with Crippen molar-refractivity contribution in [3.05, 3.63) is 48.5 Å². The zero-order chi connectivity index (χ0) is 12.1. The molecule has 88 valence electrons. The second-order valence-electron chi connectivity index (χ2n) is 3.37. The molecule has 0 bridgehead atoms. The molecular weight excluding hydrogens is 252 g/mol. The van der Waals surface area contributed by atoms with E-state index < -0.39 is 0 Å². The van der Waals surface area contributed by atoms with Crippen LogP contribution in [-0.2, 0) is 5.75 Å². The van der Waals surface area contributed by atoms with E-state index in [1.165, 1.54) is 5.56 Å². The number of thiocarbonyl (C=S) groups is 1. The average Bonchev–Trinajstić information content (AvgIpc) is 2.90. The van der Waals surface area contributed by atoms with Crippen molar-refractivity contribution < 1.29 is 4.74 Å². The van der Waals surface area contributed by atoms with Crippen LogP contribution in [0.2, 0.25) is 0 Å². The van der Waals surface area contributed by atoms with E-state index in [0.29, 0.717) is 0 Å². The number of ether oxygens (including phenoxy) is 1. The molecule has 1 heterocycles. The van der Waals surface area contributed by atoms with E-state index in [4.69, 9.17) is 17.0 Å². The van der Waals surface area contributed by atoms with E-state index >= 15 is 0 Å². The number of benzene rings is 1. The topological polar surface area (TPSA) is 27.1 Å². The van der Waals surface area contributed by atoms with Crippen molar-refractivity contribution in [2.75, 3.05) is 7.11 Å². The van der Waals surface area contributed by atoms with Gasteiger partial charge in [0.25, 0.3) is 0 Å². The first kappa shape index (κ1) is 12.1. The van der Waals surface area contributed by atoms with Crippen molar-refractivity contribution in [3.63, 3.8) is 0 Å². The molecular formula is C12H12N2OS2. The summed E-state index contributed by atoms with van der Waals surface area (Å²) in [5, 5.41) is 0. The van der Waals surface area contributed by atoms with Crippen LogP contribution >= 0.6 is 24.0 Å². The Bertz CT molecular complexity index is 480. The Balaban J connectivity index is 1.91. The van der Waals surface area contributed by atoms with Crippen LogP contribution in [0.25, 0.3) is 0 Å². The summed E-state index contributed by atoms with van der Waals surface area (Å²) in [5.74, 6) is 1.72. The number of aromatic nitrogens is 2. The summed E-state index contributed by atoms with van der Waals surface area (Å²) in [6.45, 7) is 0. The Morgan fingerprint density at radius 3 is 2.76 bits per heavy atom. The van der Waals surface area contributed by atoms with E-state index in [1.807, 2.05) is 35.0 Å². The van der Waals surface area contributed by atoms with Crippen LogP contribution < -0.4 is 4.74 Å². The molecule has 2 rings (SSSR count). The monoisotopic (exact) mass is 264 g/mol. The Labute approximate surface area is 110 Å². The lowest BCUT2D eigenvalue weighted by molar-refractivity contribution is 0.414. The zero-order valence-electron chi connectivity index (χ0n) is 9.37. The second-order valence-corrected chi connectivity index (χ2v) is 4.98. The van der Waals surface area contributed by atoms with Gasteiger partial charge in [0.05, 0.1) is 7.11 Å². The van der Waals surface area contributed by atoms with Crippen LogP contribution in [-0.4, -0.2) is 21.0 Å². The van der Waals surface area contributed by atoms with Gasteiger partial charge in [-0.25, -0.2) is 4.98 Å². The van der Waals surface area contributed by atoms with Crippen LogP contribution in [0.15, 0.2) is 43.0 Å². The van der Waals surface area contributed by atoms with Crippen molar-refractivity contribution in [2.45, 2.75) is 5.75 Å². The molecule has 0 fully saturated rings. The summed E-state index contributed by atoms with van der Waals surface area (Å²) in [4.78, 5) is 3.97. The highest BCUT2D eigenvalue weighted by molar-refractivity contribution is 8.22. The maximum absolute atomic E-state index is 5.28. The van der Waals surface area contributed by atoms with E-state index in [2.05, 4.69) is 4.98 Å². The Morgan fingerprint density at radius 1 is 1.41 bits per heavy atom. The maximum atomic E-state index is 5.28. The van der Waals surface area contributed by atoms with Crippen molar-refractivity contribution in [1.29, 1.82) is 0 Å². The Kier molecular flexibility index (Phi) is 4.17. The van der Waals surface area contributed by atoms with Gasteiger partial charge in [-0.1, -0.05) is 36.1 Å². The fraction of sp³-hybridized carbons (Fsp3) is 0.167. The first-order valence-electron chi connectivity index (χ1n) is 5.07. The van der Waals surface area contributed by atoms with E-state index in [-0.39, 0.29) is 0 Å². The third-order valence-electron chi connectivity index (χ3n) is 2.24. The normalized spacial score (nSPS) is 10.2. The van der Waals surface area contributed by atoms with Crippen LogP contribution in [0, 0.1) is 0 Å². The third kappa shape index (κ3) is 3.31. The highest BCUT2D eigenvalue weighted by atomic mass is 32.2. The Hall–Kier alpha value is -1.33. The molecule has 0 unspecified atom stereocenters. The molecule has 0 amide bonds. The number of imidazole rings is 1. The van der Waals surface area contributed by atoms with Crippen LogP contribution in [0.5, 0.6) is 5.75 Å². The quantitative estimate of drug-likeness (QED) is 0.796. The standard InChI is InChI=1S/C12H12N2OS2/c1-15-11-4-2-10(3-5-11)8-17-12(16)14-7-6-13-9-14/h2-7,9H,8H2,1H3. The van der Waals surface area contributed by atoms with E-state index in [9.17, 15) is 0 Å². The number of hydrogen-bond donors (Lipinski definition) is 0. The number of thioether (sulfide) groups is 1. The summed E-state index contributed by atoms with van der Waals surface area (Å²) < 4.78 is 7.75. The summed E-state index contributed by atoms with van der Waals surface area (Å²) in [6.07, 6.45) is 5.28. The summed E-state index contributed by atoms with van der Waals surface area (Å²) in [5.41, 5.74) is 1.22. The van der Waals surface area contributed by atoms with Gasteiger partial charge in [-0.15, -0.1) is 0 Å². The van der Waals surface area contributed by atoms with Gasteiger partial charge >= 0.3 is 0 Å². The molecule has 0 atom stereocenters. The second kappa shape index (κ2) is 5.84. The molecule has 0 aliphatic carbocycles. The Morgan fingerprint density at radius 2 is 2.18 bits per heavy atom. The van der Waals surface area contributed by atoms with Gasteiger partial charge in [0.1, 0.15) is 16.4 Å². The number of nitrogens with zero attached hydrogens (tertiary/aromatic N) is 2. The molecule has 0 N–H and O–H groups in total. The smallest absolute Gasteiger partial charge is 0.146 e. The molecule has 0 saturated heterocycles. The number of hydrogen-bond acceptors (Lipinski definition) is 4. The van der Waals surface area contributed by atoms with E-state index in [0.717, 1.165) is 15.8 Å². The van der Waals surface area contributed by atoms with Crippen LogP contribution in [0.3, 0.4) is 0 Å². The SMILES string of the molecule is COc1ccc(CSC(=S)n2ccnc2)cc1. The van der Waals surface area contributed by atoms with Crippen molar-refractivity contribution in [1.82, 2.24) is 9.55 Å². The minimum Gasteiger partial charge on any atom is -0.497 e. The molecule has 0 saturated carbocycles. The van der Waals surface area contributed by atoms with Crippen molar-refractivity contribution >= 4 is 28.3 Å². The molecule has 1 aromatic carbocycles. The lowest BCUT2D eigenvalue weighted by Crippen LogP contribution is -2.01. The number of methoxy groups -OCH3 is 1. The van der Waals surface area contributed by atoms with Crippen LogP contribution in [0.4, 0.5) is 0 Å². The maximum Gasteiger partial charge on any atom is 0.146 e. The molecule has 2 aromatic rings. The lowest BCUT2D eigenvalue weighted by atomic mass is 10.2. The molecule has 1 aromatic heterocycles. The minimum atomic E-state index is 0.804. The van der Waals surface area contributed by atoms with Gasteiger partial charge in [0.15, 0.2) is 0 Å². The zero-order valence-corrected chi connectivity index (χ0v) is 11.0. The van der Waals surface area contributed by atoms with E-state index in [1.54, 1.807) is 31.4 Å². The van der Waals surface area contributed by atoms with Crippen molar-refractivity contribution in [3.8, 4) is 5.75 Å². The van der Waals surface area contributed by atoms with Gasteiger partial charge in [0.2, 0.25) is 0 Å². The van der Waals surface area contributed by atoms with Gasteiger partial charge in [-0.05, 0) is 17.7 Å². The molecule has 3 nitrogen and oxygen atoms in total. The predicted octanol–water partition coefficient (Wildman–Crippen LogP) is 2.96. The average molecular weight is 264 g/mol. The minimum absolute atomic E-state index is 0.804. The fourth-order valence-electron chi connectivity index (χ4n) is 1.31. The molecule has 0 radical (unpaired) electrons. The molecule has 0 spiro atoms. The molecule has 0 aliphatic heterocycles. The first-order chi connectivity index (χ1) is 8.29. The van der Waals surface area contributed by atoms with Gasteiger partial charge in [-0.3, -0.25) is 4.57 Å². The molecule has 17 heavy (non-hydrogen) atoms. The summed E-state index contributed by atoms with van der Waals surface area (Å²) in [7, 11) is 1.66. The number of rotatable bonds is 3. The highest BCUT2D eigenvalue weighted by Crippen LogP contribution is 2.18. The molecule has 5 heteroatoms. The summed E-state index contributed by atoms with van der Waals surface area (Å²) >= 11 is 6.90. The lowest BCUT2D eigenvalue weighted by Gasteiger charge is -2.05. The van der Waals surface area contributed by atoms with Gasteiger partial charge < -0.3 is 4.74 Å². The third-order valence-corrected chi connectivity index (χ3v) is 3.74. The largest absolute Gasteiger partial charge is 0.497 e. The molecule has 0 aliphatic rings. The van der Waals surface area contributed by atoms with Crippen LogP contribution in [0.1, 0.15) is 5.56 Å². The highest BCUT2D eigenvalue weighted by Gasteiger charge is 2.01. The fourth-order valence-corrected chi connectivity index (χ4v) is 2.33. The predicted molar refractivity (Wildman–Crippen MR) is 74.5 cm³/mol. The van der Waals surface area contributed by atoms with Gasteiger partial charge in [0, 0.05) is 18.1 Å². The van der Waals surface area contributed by atoms with Crippen molar-refractivity contribution in [2.24, 2.45) is 0 Å². The first-order valence-corrected chi connectivity index (χ1v) is 6.47.